The van der Waals surface area contributed by atoms with E-state index in [4.69, 9.17) is 11.5 Å². The molecule has 19 heavy (non-hydrogen) atoms. The lowest BCUT2D eigenvalue weighted by Crippen LogP contribution is -2.49. The number of primary amides is 1. The molecule has 2 rings (SSSR count). The van der Waals surface area contributed by atoms with Crippen LogP contribution in [-0.4, -0.2) is 48.4 Å². The normalized spacial score (nSPS) is 21.5. The third kappa shape index (κ3) is 3.24. The minimum atomic E-state index is -0.438. The number of rotatable bonds is 3. The molecule has 0 saturated carbocycles. The molecular formula is C14H22N4O. The number of carbonyl (C=O) groups excluding carboxylic acids is 1. The molecule has 1 aliphatic heterocycles. The van der Waals surface area contributed by atoms with Crippen LogP contribution < -0.4 is 11.5 Å². The summed E-state index contributed by atoms with van der Waals surface area (Å²) in [6.07, 6.45) is 0. The molecule has 4 N–H and O–H groups in total. The predicted molar refractivity (Wildman–Crippen MR) is 76.7 cm³/mol. The number of benzene rings is 1. The fraction of sp³-hybridized carbons (Fsp3) is 0.500. The first-order valence-electron chi connectivity index (χ1n) is 6.58. The second-order valence-electron chi connectivity index (χ2n) is 5.34. The third-order valence-corrected chi connectivity index (χ3v) is 3.87. The van der Waals surface area contributed by atoms with Crippen molar-refractivity contribution in [2.75, 3.05) is 32.4 Å². The molecule has 1 heterocycles. The Morgan fingerprint density at radius 3 is 2.74 bits per heavy atom. The van der Waals surface area contributed by atoms with E-state index in [0.717, 1.165) is 31.7 Å². The summed E-state index contributed by atoms with van der Waals surface area (Å²) in [4.78, 5) is 15.8. The van der Waals surface area contributed by atoms with Gasteiger partial charge in [-0.25, -0.2) is 0 Å². The fourth-order valence-electron chi connectivity index (χ4n) is 2.40. The predicted octanol–water partition coefficient (Wildman–Crippen LogP) is 0.504. The van der Waals surface area contributed by atoms with Crippen molar-refractivity contribution in [1.82, 2.24) is 9.80 Å². The Morgan fingerprint density at radius 2 is 2.16 bits per heavy atom. The van der Waals surface area contributed by atoms with Gasteiger partial charge < -0.3 is 16.4 Å². The molecule has 0 bridgehead atoms. The van der Waals surface area contributed by atoms with Gasteiger partial charge in [0.15, 0.2) is 0 Å². The SMILES string of the molecule is CC1CN(Cc2ccc(C(N)=O)cc2N)CCN1C. The second kappa shape index (κ2) is 5.59. The number of likely N-dealkylation sites (N-methyl/N-ethyl adjacent to an activating group) is 1. The Morgan fingerprint density at radius 1 is 1.42 bits per heavy atom. The van der Waals surface area contributed by atoms with Crippen molar-refractivity contribution in [3.63, 3.8) is 0 Å². The van der Waals surface area contributed by atoms with Gasteiger partial charge in [-0.1, -0.05) is 6.07 Å². The van der Waals surface area contributed by atoms with Crippen molar-refractivity contribution in [1.29, 1.82) is 0 Å². The van der Waals surface area contributed by atoms with Crippen LogP contribution in [0.25, 0.3) is 0 Å². The van der Waals surface area contributed by atoms with E-state index in [0.29, 0.717) is 17.3 Å². The molecular weight excluding hydrogens is 240 g/mol. The molecule has 1 aromatic carbocycles. The lowest BCUT2D eigenvalue weighted by molar-refractivity contribution is 0.0997. The van der Waals surface area contributed by atoms with E-state index in [2.05, 4.69) is 23.8 Å². The van der Waals surface area contributed by atoms with Gasteiger partial charge in [0.05, 0.1) is 0 Å². The summed E-state index contributed by atoms with van der Waals surface area (Å²) in [5.41, 5.74) is 13.4. The van der Waals surface area contributed by atoms with Crippen LogP contribution in [0, 0.1) is 0 Å². The average Bonchev–Trinajstić information content (AvgIpc) is 2.36. The standard InChI is InChI=1S/C14H22N4O/c1-10-8-18(6-5-17(10)2)9-12-4-3-11(14(16)19)7-13(12)15/h3-4,7,10H,5-6,8-9,15H2,1-2H3,(H2,16,19). The number of nitrogens with zero attached hydrogens (tertiary/aromatic N) is 2. The lowest BCUT2D eigenvalue weighted by Gasteiger charge is -2.37. The van der Waals surface area contributed by atoms with Crippen molar-refractivity contribution in [2.24, 2.45) is 5.73 Å². The molecule has 1 unspecified atom stereocenters. The average molecular weight is 262 g/mol. The van der Waals surface area contributed by atoms with Gasteiger partial charge in [0.2, 0.25) is 5.91 Å². The Kier molecular flexibility index (Phi) is 4.07. The van der Waals surface area contributed by atoms with Crippen molar-refractivity contribution in [3.8, 4) is 0 Å². The van der Waals surface area contributed by atoms with E-state index in [1.54, 1.807) is 12.1 Å². The van der Waals surface area contributed by atoms with E-state index in [9.17, 15) is 4.79 Å². The van der Waals surface area contributed by atoms with Crippen molar-refractivity contribution < 1.29 is 4.79 Å². The number of carbonyl (C=O) groups is 1. The molecule has 104 valence electrons. The number of amides is 1. The Balaban J connectivity index is 2.05. The first-order chi connectivity index (χ1) is 8.97. The van der Waals surface area contributed by atoms with E-state index in [-0.39, 0.29) is 0 Å². The largest absolute Gasteiger partial charge is 0.398 e. The Labute approximate surface area is 114 Å². The van der Waals surface area contributed by atoms with Crippen molar-refractivity contribution in [2.45, 2.75) is 19.5 Å². The fourth-order valence-corrected chi connectivity index (χ4v) is 2.40. The zero-order chi connectivity index (χ0) is 14.0. The van der Waals surface area contributed by atoms with Crippen LogP contribution in [0.1, 0.15) is 22.8 Å². The zero-order valence-electron chi connectivity index (χ0n) is 11.6. The molecule has 0 aromatic heterocycles. The monoisotopic (exact) mass is 262 g/mol. The van der Waals surface area contributed by atoms with Gasteiger partial charge in [0.1, 0.15) is 0 Å². The third-order valence-electron chi connectivity index (χ3n) is 3.87. The summed E-state index contributed by atoms with van der Waals surface area (Å²) in [6.45, 7) is 6.20. The molecule has 5 heteroatoms. The van der Waals surface area contributed by atoms with Crippen molar-refractivity contribution in [3.05, 3.63) is 29.3 Å². The van der Waals surface area contributed by atoms with Crippen LogP contribution in [0.15, 0.2) is 18.2 Å². The van der Waals surface area contributed by atoms with Gasteiger partial charge in [-0.05, 0) is 31.7 Å². The van der Waals surface area contributed by atoms with Gasteiger partial charge in [0, 0.05) is 43.5 Å². The summed E-state index contributed by atoms with van der Waals surface area (Å²) >= 11 is 0. The maximum atomic E-state index is 11.1. The summed E-state index contributed by atoms with van der Waals surface area (Å²) in [6, 6.07) is 5.86. The number of hydrogen-bond donors (Lipinski definition) is 2. The Bertz CT molecular complexity index is 475. The van der Waals surface area contributed by atoms with Crippen LogP contribution in [-0.2, 0) is 6.54 Å². The summed E-state index contributed by atoms with van der Waals surface area (Å²) in [7, 11) is 2.15. The molecule has 5 nitrogen and oxygen atoms in total. The van der Waals surface area contributed by atoms with Gasteiger partial charge in [-0.15, -0.1) is 0 Å². The maximum absolute atomic E-state index is 11.1. The summed E-state index contributed by atoms with van der Waals surface area (Å²) in [5.74, 6) is -0.438. The number of piperazine rings is 1. The minimum absolute atomic E-state index is 0.438. The first-order valence-corrected chi connectivity index (χ1v) is 6.58. The topological polar surface area (TPSA) is 75.6 Å². The van der Waals surface area contributed by atoms with E-state index in [1.165, 1.54) is 0 Å². The molecule has 1 atom stereocenters. The quantitative estimate of drug-likeness (QED) is 0.778. The molecule has 1 saturated heterocycles. The van der Waals surface area contributed by atoms with Gasteiger partial charge in [-0.2, -0.15) is 0 Å². The van der Waals surface area contributed by atoms with Crippen LogP contribution in [0.3, 0.4) is 0 Å². The number of anilines is 1. The van der Waals surface area contributed by atoms with Gasteiger partial charge in [0.25, 0.3) is 0 Å². The number of nitrogen functional groups attached to an aromatic ring is 1. The highest BCUT2D eigenvalue weighted by molar-refractivity contribution is 5.93. The first kappa shape index (κ1) is 13.8. The number of hydrogen-bond acceptors (Lipinski definition) is 4. The lowest BCUT2D eigenvalue weighted by atomic mass is 10.1. The second-order valence-corrected chi connectivity index (χ2v) is 5.34. The molecule has 1 fully saturated rings. The molecule has 0 aliphatic carbocycles. The molecule has 0 spiro atoms. The van der Waals surface area contributed by atoms with Crippen LogP contribution >= 0.6 is 0 Å². The van der Waals surface area contributed by atoms with E-state index >= 15 is 0 Å². The summed E-state index contributed by atoms with van der Waals surface area (Å²) < 4.78 is 0. The van der Waals surface area contributed by atoms with Gasteiger partial charge in [-0.3, -0.25) is 9.69 Å². The highest BCUT2D eigenvalue weighted by Gasteiger charge is 2.21. The van der Waals surface area contributed by atoms with Crippen LogP contribution in [0.2, 0.25) is 0 Å². The molecule has 0 radical (unpaired) electrons. The summed E-state index contributed by atoms with van der Waals surface area (Å²) in [5, 5.41) is 0. The molecule has 1 amide bonds. The maximum Gasteiger partial charge on any atom is 0.248 e. The van der Waals surface area contributed by atoms with E-state index < -0.39 is 5.91 Å². The Hall–Kier alpha value is -1.59. The highest BCUT2D eigenvalue weighted by atomic mass is 16.1. The van der Waals surface area contributed by atoms with E-state index in [1.807, 2.05) is 6.07 Å². The highest BCUT2D eigenvalue weighted by Crippen LogP contribution is 2.18. The minimum Gasteiger partial charge on any atom is -0.398 e. The molecule has 1 aromatic rings. The van der Waals surface area contributed by atoms with Crippen molar-refractivity contribution >= 4 is 11.6 Å². The molecule has 1 aliphatic rings. The smallest absolute Gasteiger partial charge is 0.248 e. The zero-order valence-corrected chi connectivity index (χ0v) is 11.6. The number of nitrogens with two attached hydrogens (primary N) is 2. The van der Waals surface area contributed by atoms with Gasteiger partial charge >= 0.3 is 0 Å². The van der Waals surface area contributed by atoms with Crippen LogP contribution in [0.5, 0.6) is 0 Å². The van der Waals surface area contributed by atoms with Crippen LogP contribution in [0.4, 0.5) is 5.69 Å².